The molecule has 1 saturated carbocycles. The Bertz CT molecular complexity index is 558. The molecule has 4 nitrogen and oxygen atoms in total. The van der Waals surface area contributed by atoms with Gasteiger partial charge in [0.25, 0.3) is 0 Å². The third kappa shape index (κ3) is 2.16. The van der Waals surface area contributed by atoms with Crippen LogP contribution in [-0.2, 0) is 13.2 Å². The molecule has 1 aromatic carbocycles. The van der Waals surface area contributed by atoms with Gasteiger partial charge in [-0.2, -0.15) is 0 Å². The predicted molar refractivity (Wildman–Crippen MR) is 68.2 cm³/mol. The normalized spacial score (nSPS) is 15.0. The maximum Gasteiger partial charge on any atom is 0.112 e. The molecular weight excluding hydrogens is 226 g/mol. The van der Waals surface area contributed by atoms with Gasteiger partial charge in [-0.15, -0.1) is 5.10 Å². The van der Waals surface area contributed by atoms with Crippen molar-refractivity contribution in [1.29, 1.82) is 0 Å². The quantitative estimate of drug-likeness (QED) is 0.893. The summed E-state index contributed by atoms with van der Waals surface area (Å²) in [4.78, 5) is 0. The summed E-state index contributed by atoms with van der Waals surface area (Å²) in [6.45, 7) is 2.81. The highest BCUT2D eigenvalue weighted by Gasteiger charge is 2.30. The second-order valence-corrected chi connectivity index (χ2v) is 5.00. The lowest BCUT2D eigenvalue weighted by atomic mass is 10.1. The third-order valence-corrected chi connectivity index (χ3v) is 3.38. The number of nitrogens with zero attached hydrogens (tertiary/aromatic N) is 3. The summed E-state index contributed by atoms with van der Waals surface area (Å²) in [5, 5.41) is 17.6. The van der Waals surface area contributed by atoms with Gasteiger partial charge in [-0.25, -0.2) is 4.68 Å². The van der Waals surface area contributed by atoms with Crippen LogP contribution < -0.4 is 0 Å². The van der Waals surface area contributed by atoms with Gasteiger partial charge >= 0.3 is 0 Å². The van der Waals surface area contributed by atoms with E-state index in [1.54, 1.807) is 0 Å². The minimum absolute atomic E-state index is 0.0142. The van der Waals surface area contributed by atoms with Crippen LogP contribution in [0.2, 0.25) is 0 Å². The summed E-state index contributed by atoms with van der Waals surface area (Å²) in [6, 6.07) is 8.41. The van der Waals surface area contributed by atoms with Crippen LogP contribution in [0.15, 0.2) is 24.3 Å². The smallest absolute Gasteiger partial charge is 0.112 e. The van der Waals surface area contributed by atoms with E-state index in [0.717, 1.165) is 17.9 Å². The first-order chi connectivity index (χ1) is 8.78. The molecule has 4 heteroatoms. The van der Waals surface area contributed by atoms with Crippen LogP contribution >= 0.6 is 0 Å². The Balaban J connectivity index is 1.90. The number of aliphatic hydroxyl groups is 1. The van der Waals surface area contributed by atoms with Crippen molar-refractivity contribution in [2.24, 2.45) is 0 Å². The third-order valence-electron chi connectivity index (χ3n) is 3.38. The Kier molecular flexibility index (Phi) is 2.88. The topological polar surface area (TPSA) is 50.9 Å². The molecule has 0 atom stereocenters. The van der Waals surface area contributed by atoms with Crippen molar-refractivity contribution < 1.29 is 5.11 Å². The van der Waals surface area contributed by atoms with Crippen LogP contribution in [0.4, 0.5) is 0 Å². The van der Waals surface area contributed by atoms with Gasteiger partial charge in [0, 0.05) is 5.92 Å². The number of aliphatic hydroxyl groups excluding tert-OH is 1. The maximum absolute atomic E-state index is 9.30. The summed E-state index contributed by atoms with van der Waals surface area (Å²) >= 11 is 0. The van der Waals surface area contributed by atoms with Crippen LogP contribution in [-0.4, -0.2) is 20.1 Å². The van der Waals surface area contributed by atoms with Crippen molar-refractivity contribution in [3.8, 4) is 0 Å². The highest BCUT2D eigenvalue weighted by atomic mass is 16.3. The monoisotopic (exact) mass is 243 g/mol. The lowest BCUT2D eigenvalue weighted by molar-refractivity contribution is 0.275. The highest BCUT2D eigenvalue weighted by Crippen LogP contribution is 2.41. The molecule has 0 radical (unpaired) electrons. The van der Waals surface area contributed by atoms with Crippen LogP contribution in [0.3, 0.4) is 0 Å². The number of rotatable bonds is 4. The van der Waals surface area contributed by atoms with Gasteiger partial charge in [-0.1, -0.05) is 35.0 Å². The molecule has 0 aliphatic heterocycles. The average Bonchev–Trinajstić information content (AvgIpc) is 3.11. The highest BCUT2D eigenvalue weighted by molar-refractivity contribution is 5.25. The zero-order chi connectivity index (χ0) is 12.5. The summed E-state index contributed by atoms with van der Waals surface area (Å²) in [5.74, 6) is 0.548. The Labute approximate surface area is 106 Å². The lowest BCUT2D eigenvalue weighted by Crippen LogP contribution is -2.06. The van der Waals surface area contributed by atoms with Gasteiger partial charge in [0.15, 0.2) is 0 Å². The summed E-state index contributed by atoms with van der Waals surface area (Å²) in [6.07, 6.45) is 2.38. The van der Waals surface area contributed by atoms with Crippen LogP contribution in [0.1, 0.15) is 41.3 Å². The second kappa shape index (κ2) is 4.53. The number of hydrogen-bond acceptors (Lipinski definition) is 3. The molecule has 3 rings (SSSR count). The lowest BCUT2D eigenvalue weighted by Gasteiger charge is -2.07. The minimum atomic E-state index is -0.0142. The van der Waals surface area contributed by atoms with E-state index in [4.69, 9.17) is 0 Å². The van der Waals surface area contributed by atoms with Gasteiger partial charge in [-0.05, 0) is 25.3 Å². The van der Waals surface area contributed by atoms with Crippen molar-refractivity contribution >= 4 is 0 Å². The molecule has 1 aromatic heterocycles. The zero-order valence-electron chi connectivity index (χ0n) is 10.5. The van der Waals surface area contributed by atoms with Crippen LogP contribution in [0, 0.1) is 6.92 Å². The predicted octanol–water partition coefficient (Wildman–Crippen LogP) is 2.00. The molecule has 2 aromatic rings. The molecule has 94 valence electrons. The first-order valence-electron chi connectivity index (χ1n) is 6.36. The van der Waals surface area contributed by atoms with Gasteiger partial charge in [-0.3, -0.25) is 0 Å². The Morgan fingerprint density at radius 2 is 2.22 bits per heavy atom. The molecule has 0 bridgehead atoms. The molecule has 1 aliphatic rings. The average molecular weight is 243 g/mol. The van der Waals surface area contributed by atoms with Crippen molar-refractivity contribution in [3.05, 3.63) is 46.8 Å². The molecule has 0 saturated heterocycles. The van der Waals surface area contributed by atoms with Crippen molar-refractivity contribution in [2.45, 2.75) is 38.8 Å². The largest absolute Gasteiger partial charge is 0.390 e. The second-order valence-electron chi connectivity index (χ2n) is 5.00. The van der Waals surface area contributed by atoms with Crippen molar-refractivity contribution in [1.82, 2.24) is 15.0 Å². The van der Waals surface area contributed by atoms with E-state index in [1.807, 2.05) is 4.68 Å². The van der Waals surface area contributed by atoms with Gasteiger partial charge in [0.1, 0.15) is 5.69 Å². The van der Waals surface area contributed by atoms with E-state index in [9.17, 15) is 5.11 Å². The molecule has 1 heterocycles. The van der Waals surface area contributed by atoms with E-state index >= 15 is 0 Å². The van der Waals surface area contributed by atoms with E-state index in [0.29, 0.717) is 5.92 Å². The van der Waals surface area contributed by atoms with Crippen molar-refractivity contribution in [2.75, 3.05) is 0 Å². The first kappa shape index (κ1) is 11.4. The Morgan fingerprint density at radius 1 is 1.39 bits per heavy atom. The standard InChI is InChI=1S/C14H17N3O/c1-10-3-2-4-11(7-10)8-17-14(12-5-6-12)13(9-18)15-16-17/h2-4,7,12,18H,5-6,8-9H2,1H3. The molecular formula is C14H17N3O. The van der Waals surface area contributed by atoms with Crippen LogP contribution in [0.25, 0.3) is 0 Å². The zero-order valence-corrected chi connectivity index (χ0v) is 10.5. The Morgan fingerprint density at radius 3 is 2.89 bits per heavy atom. The molecule has 1 fully saturated rings. The van der Waals surface area contributed by atoms with E-state index < -0.39 is 0 Å². The van der Waals surface area contributed by atoms with Gasteiger partial charge in [0.2, 0.25) is 0 Å². The number of aromatic nitrogens is 3. The molecule has 0 unspecified atom stereocenters. The van der Waals surface area contributed by atoms with E-state index in [1.165, 1.54) is 24.0 Å². The fourth-order valence-electron chi connectivity index (χ4n) is 2.37. The number of aryl methyl sites for hydroxylation is 1. The summed E-state index contributed by atoms with van der Waals surface area (Å²) in [5.41, 5.74) is 4.35. The molecule has 1 N–H and O–H groups in total. The SMILES string of the molecule is Cc1cccc(Cn2nnc(CO)c2C2CC2)c1. The van der Waals surface area contributed by atoms with Crippen LogP contribution in [0.5, 0.6) is 0 Å². The number of hydrogen-bond donors (Lipinski definition) is 1. The maximum atomic E-state index is 9.30. The Hall–Kier alpha value is -1.68. The summed E-state index contributed by atoms with van der Waals surface area (Å²) in [7, 11) is 0. The minimum Gasteiger partial charge on any atom is -0.390 e. The molecule has 1 aliphatic carbocycles. The fraction of sp³-hybridized carbons (Fsp3) is 0.429. The first-order valence-corrected chi connectivity index (χ1v) is 6.36. The molecule has 18 heavy (non-hydrogen) atoms. The van der Waals surface area contributed by atoms with Crippen molar-refractivity contribution in [3.63, 3.8) is 0 Å². The number of benzene rings is 1. The van der Waals surface area contributed by atoms with E-state index in [2.05, 4.69) is 41.5 Å². The van der Waals surface area contributed by atoms with E-state index in [-0.39, 0.29) is 6.61 Å². The molecule has 0 amide bonds. The molecule has 0 spiro atoms. The van der Waals surface area contributed by atoms with Gasteiger partial charge < -0.3 is 5.11 Å². The summed E-state index contributed by atoms with van der Waals surface area (Å²) < 4.78 is 1.94. The van der Waals surface area contributed by atoms with Gasteiger partial charge in [0.05, 0.1) is 18.8 Å². The fourth-order valence-corrected chi connectivity index (χ4v) is 2.37.